The number of rotatable bonds is 2. The van der Waals surface area contributed by atoms with E-state index in [1.165, 1.54) is 11.3 Å². The lowest BCUT2D eigenvalue weighted by Crippen LogP contribution is -2.20. The number of amides is 1. The van der Waals surface area contributed by atoms with E-state index < -0.39 is 0 Å². The molecule has 4 rings (SSSR count). The molecule has 1 amide bonds. The zero-order valence-electron chi connectivity index (χ0n) is 11.9. The van der Waals surface area contributed by atoms with E-state index in [9.17, 15) is 4.79 Å². The number of thiazole rings is 1. The molecule has 2 N–H and O–H groups in total. The fourth-order valence-corrected chi connectivity index (χ4v) is 3.02. The molecule has 0 aliphatic rings. The minimum atomic E-state index is -0.377. The number of nitrogens with one attached hydrogen (secondary N) is 2. The van der Waals surface area contributed by atoms with Gasteiger partial charge in [0.25, 0.3) is 5.91 Å². The molecule has 23 heavy (non-hydrogen) atoms. The number of anilines is 1. The Morgan fingerprint density at radius 3 is 2.87 bits per heavy atom. The Kier molecular flexibility index (Phi) is 3.17. The summed E-state index contributed by atoms with van der Waals surface area (Å²) in [6.45, 7) is 0. The Bertz CT molecular complexity index is 1080. The molecule has 2 aromatic heterocycles. The molecular weight excluding hydrogens is 310 g/mol. The van der Waals surface area contributed by atoms with Crippen LogP contribution in [0.2, 0.25) is 0 Å². The van der Waals surface area contributed by atoms with E-state index in [1.54, 1.807) is 17.8 Å². The number of hydrogen-bond donors (Lipinski definition) is 2. The quantitative estimate of drug-likeness (QED) is 0.552. The van der Waals surface area contributed by atoms with Crippen LogP contribution < -0.4 is 10.9 Å². The summed E-state index contributed by atoms with van der Waals surface area (Å²) in [6, 6.07) is 13.3. The van der Waals surface area contributed by atoms with Gasteiger partial charge < -0.3 is 9.73 Å². The molecule has 2 heterocycles. The van der Waals surface area contributed by atoms with E-state index in [1.807, 2.05) is 36.4 Å². The van der Waals surface area contributed by atoms with Crippen molar-refractivity contribution in [2.45, 2.75) is 0 Å². The third kappa shape index (κ3) is 2.39. The number of carbonyl (C=O) groups is 1. The summed E-state index contributed by atoms with van der Waals surface area (Å²) in [7, 11) is 0. The van der Waals surface area contributed by atoms with Gasteiger partial charge in [0.15, 0.2) is 0 Å². The summed E-state index contributed by atoms with van der Waals surface area (Å²) in [4.78, 5) is 16.3. The van der Waals surface area contributed by atoms with Gasteiger partial charge in [-0.15, -0.1) is 11.3 Å². The number of aromatic nitrogens is 1. The molecule has 0 spiro atoms. The maximum atomic E-state index is 12.4. The molecule has 0 saturated carbocycles. The van der Waals surface area contributed by atoms with Crippen LogP contribution in [0, 0.1) is 5.41 Å². The van der Waals surface area contributed by atoms with Crippen molar-refractivity contribution in [1.82, 2.24) is 4.98 Å². The van der Waals surface area contributed by atoms with E-state index in [2.05, 4.69) is 10.3 Å². The van der Waals surface area contributed by atoms with Gasteiger partial charge in [-0.25, -0.2) is 0 Å². The molecule has 0 fully saturated rings. The minimum Gasteiger partial charge on any atom is -0.438 e. The fourth-order valence-electron chi connectivity index (χ4n) is 2.51. The van der Waals surface area contributed by atoms with Crippen molar-refractivity contribution in [2.24, 2.45) is 0 Å². The van der Waals surface area contributed by atoms with Crippen LogP contribution >= 0.6 is 11.3 Å². The standard InChI is InChI=1S/C17H11N3O2S/c18-16-13(17(21)20-15-8-19-9-23-15)7-12-11-4-2-1-3-10(11)5-6-14(12)22-16/h1-9,18H,(H,20,21). The molecular formula is C17H11N3O2S. The van der Waals surface area contributed by atoms with Crippen LogP contribution in [-0.4, -0.2) is 10.9 Å². The van der Waals surface area contributed by atoms with Crippen LogP contribution in [0.1, 0.15) is 10.4 Å². The maximum Gasteiger partial charge on any atom is 0.261 e. The van der Waals surface area contributed by atoms with Crippen molar-refractivity contribution in [2.75, 3.05) is 5.32 Å². The van der Waals surface area contributed by atoms with Crippen molar-refractivity contribution in [3.8, 4) is 0 Å². The minimum absolute atomic E-state index is 0.158. The molecule has 0 aliphatic carbocycles. The van der Waals surface area contributed by atoms with Gasteiger partial charge in [-0.1, -0.05) is 30.3 Å². The van der Waals surface area contributed by atoms with Gasteiger partial charge in [-0.05, 0) is 22.9 Å². The zero-order chi connectivity index (χ0) is 15.8. The zero-order valence-corrected chi connectivity index (χ0v) is 12.7. The molecule has 6 heteroatoms. The summed E-state index contributed by atoms with van der Waals surface area (Å²) in [6.07, 6.45) is 1.57. The number of fused-ring (bicyclic) bond motifs is 3. The van der Waals surface area contributed by atoms with Crippen LogP contribution in [0.15, 0.2) is 58.6 Å². The van der Waals surface area contributed by atoms with Crippen molar-refractivity contribution in [3.63, 3.8) is 0 Å². The van der Waals surface area contributed by atoms with E-state index in [0.717, 1.165) is 16.2 Å². The predicted molar refractivity (Wildman–Crippen MR) is 89.6 cm³/mol. The van der Waals surface area contributed by atoms with Crippen LogP contribution in [0.25, 0.3) is 21.7 Å². The highest BCUT2D eigenvalue weighted by atomic mass is 32.1. The molecule has 0 aliphatic heterocycles. The van der Waals surface area contributed by atoms with E-state index in [4.69, 9.17) is 9.83 Å². The second kappa shape index (κ2) is 5.33. The summed E-state index contributed by atoms with van der Waals surface area (Å²) in [5.74, 6) is -0.377. The lowest BCUT2D eigenvalue weighted by atomic mass is 10.0. The molecule has 0 radical (unpaired) electrons. The third-order valence-electron chi connectivity index (χ3n) is 3.59. The van der Waals surface area contributed by atoms with Crippen LogP contribution in [0.5, 0.6) is 0 Å². The largest absolute Gasteiger partial charge is 0.438 e. The van der Waals surface area contributed by atoms with Gasteiger partial charge in [-0.3, -0.25) is 15.2 Å². The molecule has 4 aromatic rings. The second-order valence-electron chi connectivity index (χ2n) is 5.01. The highest BCUT2D eigenvalue weighted by Gasteiger charge is 2.13. The number of nitrogens with zero attached hydrogens (tertiary/aromatic N) is 1. The molecule has 112 valence electrons. The Labute approximate surface area is 134 Å². The highest BCUT2D eigenvalue weighted by Crippen LogP contribution is 2.25. The fraction of sp³-hybridized carbons (Fsp3) is 0. The molecule has 0 unspecified atom stereocenters. The maximum absolute atomic E-state index is 12.4. The van der Waals surface area contributed by atoms with E-state index in [-0.39, 0.29) is 17.0 Å². The van der Waals surface area contributed by atoms with Crippen molar-refractivity contribution >= 4 is 44.0 Å². The van der Waals surface area contributed by atoms with Crippen LogP contribution in [-0.2, 0) is 0 Å². The number of carbonyl (C=O) groups excluding carboxylic acids is 1. The first-order valence-corrected chi connectivity index (χ1v) is 7.80. The van der Waals surface area contributed by atoms with Crippen molar-refractivity contribution < 1.29 is 9.21 Å². The second-order valence-corrected chi connectivity index (χ2v) is 5.89. The Balaban J connectivity index is 1.89. The summed E-state index contributed by atoms with van der Waals surface area (Å²) < 4.78 is 5.53. The van der Waals surface area contributed by atoms with Crippen molar-refractivity contribution in [3.05, 3.63) is 65.3 Å². The molecule has 5 nitrogen and oxygen atoms in total. The van der Waals surface area contributed by atoms with Gasteiger partial charge in [0.05, 0.1) is 11.7 Å². The topological polar surface area (TPSA) is 79.0 Å². The molecule has 0 atom stereocenters. The van der Waals surface area contributed by atoms with Gasteiger partial charge >= 0.3 is 0 Å². The van der Waals surface area contributed by atoms with E-state index in [0.29, 0.717) is 10.6 Å². The van der Waals surface area contributed by atoms with Crippen molar-refractivity contribution in [1.29, 1.82) is 5.41 Å². The SMILES string of the molecule is N=c1oc2ccc3ccccc3c2cc1C(=O)Nc1cncs1. The Morgan fingerprint density at radius 2 is 2.04 bits per heavy atom. The average molecular weight is 321 g/mol. The normalized spacial score (nSPS) is 11.0. The van der Waals surface area contributed by atoms with Gasteiger partial charge in [0.2, 0.25) is 5.55 Å². The molecule has 2 aromatic carbocycles. The summed E-state index contributed by atoms with van der Waals surface area (Å²) in [5, 5.41) is 14.2. The Morgan fingerprint density at radius 1 is 1.17 bits per heavy atom. The first-order chi connectivity index (χ1) is 11.2. The van der Waals surface area contributed by atoms with Crippen LogP contribution in [0.4, 0.5) is 5.00 Å². The Hall–Kier alpha value is -2.99. The smallest absolute Gasteiger partial charge is 0.261 e. The highest BCUT2D eigenvalue weighted by molar-refractivity contribution is 7.14. The molecule has 0 bridgehead atoms. The third-order valence-corrected chi connectivity index (χ3v) is 4.28. The van der Waals surface area contributed by atoms with Gasteiger partial charge in [0, 0.05) is 5.39 Å². The monoisotopic (exact) mass is 321 g/mol. The van der Waals surface area contributed by atoms with Gasteiger partial charge in [0.1, 0.15) is 16.1 Å². The number of hydrogen-bond acceptors (Lipinski definition) is 5. The lowest BCUT2D eigenvalue weighted by Gasteiger charge is -2.06. The summed E-state index contributed by atoms with van der Waals surface area (Å²) >= 11 is 1.32. The lowest BCUT2D eigenvalue weighted by molar-refractivity contribution is 0.102. The first-order valence-electron chi connectivity index (χ1n) is 6.92. The number of benzene rings is 2. The summed E-state index contributed by atoms with van der Waals surface area (Å²) in [5.41, 5.74) is 2.26. The van der Waals surface area contributed by atoms with E-state index >= 15 is 0 Å². The van der Waals surface area contributed by atoms with Crippen LogP contribution in [0.3, 0.4) is 0 Å². The average Bonchev–Trinajstić information content (AvgIpc) is 3.07. The first kappa shape index (κ1) is 13.7. The molecule has 0 saturated heterocycles. The predicted octanol–water partition coefficient (Wildman–Crippen LogP) is 3.77. The van der Waals surface area contributed by atoms with Gasteiger partial charge in [-0.2, -0.15) is 0 Å².